The second-order valence-corrected chi connectivity index (χ2v) is 5.32. The summed E-state index contributed by atoms with van der Waals surface area (Å²) in [5, 5.41) is 6.59. The Bertz CT molecular complexity index is 430. The predicted molar refractivity (Wildman–Crippen MR) is 89.5 cm³/mol. The normalized spacial score (nSPS) is 11.8. The van der Waals surface area contributed by atoms with Crippen molar-refractivity contribution in [3.05, 3.63) is 35.4 Å². The van der Waals surface area contributed by atoms with E-state index < -0.39 is 0 Å². The number of benzene rings is 1. The van der Waals surface area contributed by atoms with E-state index in [4.69, 9.17) is 4.74 Å². The van der Waals surface area contributed by atoms with Crippen LogP contribution in [0.1, 0.15) is 45.2 Å². The lowest BCUT2D eigenvalue weighted by Gasteiger charge is -2.14. The van der Waals surface area contributed by atoms with Crippen LogP contribution in [-0.4, -0.2) is 25.2 Å². The molecule has 0 fully saturated rings. The lowest BCUT2D eigenvalue weighted by atomic mass is 10.1. The van der Waals surface area contributed by atoms with Crippen molar-refractivity contribution >= 4 is 5.96 Å². The second-order valence-electron chi connectivity index (χ2n) is 5.32. The lowest BCUT2D eigenvalue weighted by Crippen LogP contribution is -2.41. The van der Waals surface area contributed by atoms with Crippen LogP contribution in [-0.2, 0) is 17.9 Å². The van der Waals surface area contributed by atoms with Crippen molar-refractivity contribution < 1.29 is 4.74 Å². The molecule has 0 bridgehead atoms. The van der Waals surface area contributed by atoms with Gasteiger partial charge in [0.25, 0.3) is 0 Å². The van der Waals surface area contributed by atoms with E-state index in [1.807, 2.05) is 0 Å². The van der Waals surface area contributed by atoms with Crippen LogP contribution in [0.25, 0.3) is 0 Å². The van der Waals surface area contributed by atoms with E-state index >= 15 is 0 Å². The van der Waals surface area contributed by atoms with Gasteiger partial charge in [0, 0.05) is 19.2 Å². The second kappa shape index (κ2) is 10.2. The van der Waals surface area contributed by atoms with Crippen molar-refractivity contribution in [2.45, 2.75) is 53.3 Å². The van der Waals surface area contributed by atoms with E-state index in [1.165, 1.54) is 11.1 Å². The van der Waals surface area contributed by atoms with Gasteiger partial charge < -0.3 is 15.4 Å². The van der Waals surface area contributed by atoms with E-state index in [0.717, 1.165) is 25.5 Å². The molecule has 0 amide bonds. The third-order valence-electron chi connectivity index (χ3n) is 2.90. The van der Waals surface area contributed by atoms with Gasteiger partial charge in [-0.1, -0.05) is 31.2 Å². The van der Waals surface area contributed by atoms with Gasteiger partial charge in [-0.2, -0.15) is 0 Å². The first kappa shape index (κ1) is 17.5. The number of rotatable bonds is 8. The third kappa shape index (κ3) is 7.14. The molecule has 0 saturated heterocycles. The molecular weight excluding hydrogens is 262 g/mol. The maximum atomic E-state index is 5.65. The summed E-state index contributed by atoms with van der Waals surface area (Å²) in [5.74, 6) is 0.858. The Hall–Kier alpha value is -1.55. The molecular formula is C17H29N3O. The van der Waals surface area contributed by atoms with Gasteiger partial charge >= 0.3 is 0 Å². The topological polar surface area (TPSA) is 45.6 Å². The SMILES string of the molecule is CCCOCc1ccccc1CN=C(NCC)NC(C)C. The van der Waals surface area contributed by atoms with Crippen molar-refractivity contribution in [2.75, 3.05) is 13.2 Å². The molecule has 0 aliphatic carbocycles. The zero-order chi connectivity index (χ0) is 15.5. The summed E-state index contributed by atoms with van der Waals surface area (Å²) < 4.78 is 5.65. The number of nitrogens with zero attached hydrogens (tertiary/aromatic N) is 1. The van der Waals surface area contributed by atoms with Crippen LogP contribution in [0, 0.1) is 0 Å². The highest BCUT2D eigenvalue weighted by molar-refractivity contribution is 5.80. The molecule has 1 aromatic rings. The minimum Gasteiger partial charge on any atom is -0.377 e. The Morgan fingerprint density at radius 1 is 1.19 bits per heavy atom. The van der Waals surface area contributed by atoms with Gasteiger partial charge in [-0.15, -0.1) is 0 Å². The summed E-state index contributed by atoms with van der Waals surface area (Å²) in [6, 6.07) is 8.70. The fourth-order valence-corrected chi connectivity index (χ4v) is 1.94. The fraction of sp³-hybridized carbons (Fsp3) is 0.588. The number of hydrogen-bond acceptors (Lipinski definition) is 2. The Morgan fingerprint density at radius 3 is 2.52 bits per heavy atom. The van der Waals surface area contributed by atoms with Crippen molar-refractivity contribution in [3.8, 4) is 0 Å². The minimum absolute atomic E-state index is 0.367. The van der Waals surface area contributed by atoms with E-state index in [2.05, 4.69) is 67.6 Å². The molecule has 0 saturated carbocycles. The summed E-state index contributed by atoms with van der Waals surface area (Å²) in [6.45, 7) is 11.4. The lowest BCUT2D eigenvalue weighted by molar-refractivity contribution is 0.121. The molecule has 0 aliphatic rings. The average Bonchev–Trinajstić information content (AvgIpc) is 2.46. The highest BCUT2D eigenvalue weighted by Gasteiger charge is 2.03. The Balaban J connectivity index is 2.71. The van der Waals surface area contributed by atoms with Gasteiger partial charge in [0.05, 0.1) is 13.2 Å². The number of hydrogen-bond donors (Lipinski definition) is 2. The zero-order valence-electron chi connectivity index (χ0n) is 13.8. The molecule has 0 atom stereocenters. The quantitative estimate of drug-likeness (QED) is 0.439. The first-order chi connectivity index (χ1) is 10.2. The molecule has 0 aromatic heterocycles. The largest absolute Gasteiger partial charge is 0.377 e. The predicted octanol–water partition coefficient (Wildman–Crippen LogP) is 3.08. The van der Waals surface area contributed by atoms with Crippen LogP contribution < -0.4 is 10.6 Å². The molecule has 0 spiro atoms. The molecule has 0 unspecified atom stereocenters. The van der Waals surface area contributed by atoms with Gasteiger partial charge in [-0.3, -0.25) is 0 Å². The standard InChI is InChI=1S/C17H29N3O/c1-5-11-21-13-16-10-8-7-9-15(16)12-19-17(18-6-2)20-14(3)4/h7-10,14H,5-6,11-13H2,1-4H3,(H2,18,19,20). The molecule has 4 nitrogen and oxygen atoms in total. The molecule has 1 aromatic carbocycles. The maximum Gasteiger partial charge on any atom is 0.191 e. The number of nitrogens with one attached hydrogen (secondary N) is 2. The van der Waals surface area contributed by atoms with E-state index in [9.17, 15) is 0 Å². The van der Waals surface area contributed by atoms with Gasteiger partial charge in [0.15, 0.2) is 5.96 Å². The summed E-state index contributed by atoms with van der Waals surface area (Å²) in [6.07, 6.45) is 1.04. The molecule has 2 N–H and O–H groups in total. The summed E-state index contributed by atoms with van der Waals surface area (Å²) >= 11 is 0. The first-order valence-corrected chi connectivity index (χ1v) is 7.86. The Kier molecular flexibility index (Phi) is 8.51. The van der Waals surface area contributed by atoms with Crippen molar-refractivity contribution in [1.82, 2.24) is 10.6 Å². The first-order valence-electron chi connectivity index (χ1n) is 7.86. The van der Waals surface area contributed by atoms with Crippen LogP contribution in [0.2, 0.25) is 0 Å². The number of ether oxygens (including phenoxy) is 1. The minimum atomic E-state index is 0.367. The highest BCUT2D eigenvalue weighted by atomic mass is 16.5. The average molecular weight is 291 g/mol. The summed E-state index contributed by atoms with van der Waals surface area (Å²) in [5.41, 5.74) is 2.43. The summed E-state index contributed by atoms with van der Waals surface area (Å²) in [4.78, 5) is 4.65. The van der Waals surface area contributed by atoms with Crippen molar-refractivity contribution in [1.29, 1.82) is 0 Å². The molecule has 0 radical (unpaired) electrons. The number of guanidine groups is 1. The van der Waals surface area contributed by atoms with Gasteiger partial charge in [0.2, 0.25) is 0 Å². The van der Waals surface area contributed by atoms with Gasteiger partial charge in [-0.25, -0.2) is 4.99 Å². The summed E-state index contributed by atoms with van der Waals surface area (Å²) in [7, 11) is 0. The molecule has 21 heavy (non-hydrogen) atoms. The molecule has 118 valence electrons. The van der Waals surface area contributed by atoms with E-state index in [-0.39, 0.29) is 0 Å². The highest BCUT2D eigenvalue weighted by Crippen LogP contribution is 2.11. The third-order valence-corrected chi connectivity index (χ3v) is 2.90. The van der Waals surface area contributed by atoms with E-state index in [0.29, 0.717) is 19.2 Å². The van der Waals surface area contributed by atoms with Crippen LogP contribution in [0.15, 0.2) is 29.3 Å². The van der Waals surface area contributed by atoms with Crippen LogP contribution in [0.4, 0.5) is 0 Å². The smallest absolute Gasteiger partial charge is 0.191 e. The van der Waals surface area contributed by atoms with E-state index in [1.54, 1.807) is 0 Å². The van der Waals surface area contributed by atoms with Crippen molar-refractivity contribution in [2.24, 2.45) is 4.99 Å². The fourth-order valence-electron chi connectivity index (χ4n) is 1.94. The van der Waals surface area contributed by atoms with Gasteiger partial charge in [-0.05, 0) is 38.3 Å². The van der Waals surface area contributed by atoms with Gasteiger partial charge in [0.1, 0.15) is 0 Å². The molecule has 0 heterocycles. The maximum absolute atomic E-state index is 5.65. The monoisotopic (exact) mass is 291 g/mol. The zero-order valence-corrected chi connectivity index (χ0v) is 13.8. The Morgan fingerprint density at radius 2 is 1.90 bits per heavy atom. The molecule has 0 aliphatic heterocycles. The number of aliphatic imine (C=N–C) groups is 1. The molecule has 1 rings (SSSR count). The Labute approximate surface area is 129 Å². The molecule has 4 heteroatoms. The van der Waals surface area contributed by atoms with Crippen LogP contribution >= 0.6 is 0 Å². The van der Waals surface area contributed by atoms with Crippen LogP contribution in [0.3, 0.4) is 0 Å². The van der Waals surface area contributed by atoms with Crippen LogP contribution in [0.5, 0.6) is 0 Å². The van der Waals surface area contributed by atoms with Crippen molar-refractivity contribution in [3.63, 3.8) is 0 Å².